The fourth-order valence-electron chi connectivity index (χ4n) is 2.26. The van der Waals surface area contributed by atoms with Gasteiger partial charge in [-0.15, -0.1) is 11.8 Å². The Morgan fingerprint density at radius 2 is 1.68 bits per heavy atom. The first-order chi connectivity index (χ1) is 13.4. The highest BCUT2D eigenvalue weighted by Crippen LogP contribution is 2.13. The van der Waals surface area contributed by atoms with Crippen molar-refractivity contribution in [2.75, 3.05) is 5.75 Å². The number of hydrogen-bond donors (Lipinski definition) is 2. The van der Waals surface area contributed by atoms with Crippen LogP contribution in [-0.4, -0.2) is 29.8 Å². The van der Waals surface area contributed by atoms with Crippen LogP contribution >= 0.6 is 11.8 Å². The minimum atomic E-state index is -1.05. The number of imide groups is 1. The number of ether oxygens (including phenoxy) is 1. The Morgan fingerprint density at radius 3 is 2.36 bits per heavy atom. The number of urea groups is 1. The second-order valence-electron chi connectivity index (χ2n) is 6.27. The predicted octanol–water partition coefficient (Wildman–Crippen LogP) is 3.19. The molecule has 0 aliphatic carbocycles. The quantitative estimate of drug-likeness (QED) is 0.665. The van der Waals surface area contributed by atoms with E-state index in [2.05, 4.69) is 10.6 Å². The van der Waals surface area contributed by atoms with E-state index >= 15 is 0 Å². The maximum atomic E-state index is 12.0. The SMILES string of the molecule is Cc1ccc(CSCC(=O)O[C@@H](C)C(=O)NC(=O)NCc2ccccc2)cc1. The smallest absolute Gasteiger partial charge is 0.321 e. The zero-order chi connectivity index (χ0) is 20.4. The zero-order valence-electron chi connectivity index (χ0n) is 15.9. The van der Waals surface area contributed by atoms with Crippen LogP contribution in [0.25, 0.3) is 0 Å². The molecule has 0 aliphatic rings. The first-order valence-electron chi connectivity index (χ1n) is 8.89. The van der Waals surface area contributed by atoms with Crippen LogP contribution in [0.2, 0.25) is 0 Å². The number of nitrogens with one attached hydrogen (secondary N) is 2. The molecule has 6 nitrogen and oxygen atoms in total. The Kier molecular flexibility index (Phi) is 8.55. The van der Waals surface area contributed by atoms with Gasteiger partial charge < -0.3 is 10.1 Å². The van der Waals surface area contributed by atoms with Crippen molar-refractivity contribution in [2.45, 2.75) is 32.2 Å². The van der Waals surface area contributed by atoms with Crippen LogP contribution in [0.15, 0.2) is 54.6 Å². The van der Waals surface area contributed by atoms with E-state index in [9.17, 15) is 14.4 Å². The van der Waals surface area contributed by atoms with Gasteiger partial charge in [0.2, 0.25) is 0 Å². The summed E-state index contributed by atoms with van der Waals surface area (Å²) in [6.07, 6.45) is -1.05. The Morgan fingerprint density at radius 1 is 1.00 bits per heavy atom. The molecule has 0 fully saturated rings. The summed E-state index contributed by atoms with van der Waals surface area (Å²) in [5.41, 5.74) is 3.21. The van der Waals surface area contributed by atoms with Gasteiger partial charge in [0.1, 0.15) is 0 Å². The molecule has 2 aromatic rings. The summed E-state index contributed by atoms with van der Waals surface area (Å²) in [7, 11) is 0. The van der Waals surface area contributed by atoms with Crippen molar-refractivity contribution < 1.29 is 19.1 Å². The van der Waals surface area contributed by atoms with Crippen LogP contribution in [0.5, 0.6) is 0 Å². The standard InChI is InChI=1S/C21H24N2O4S/c1-15-8-10-18(11-9-15)13-28-14-19(24)27-16(2)20(25)23-21(26)22-12-17-6-4-3-5-7-17/h3-11,16H,12-14H2,1-2H3,(H2,22,23,25,26)/t16-/m0/s1. The molecule has 2 N–H and O–H groups in total. The third-order valence-corrected chi connectivity index (χ3v) is 4.80. The van der Waals surface area contributed by atoms with Crippen molar-refractivity contribution in [1.29, 1.82) is 0 Å². The van der Waals surface area contributed by atoms with Gasteiger partial charge in [0.15, 0.2) is 6.10 Å². The fraction of sp³-hybridized carbons (Fsp3) is 0.286. The molecule has 0 unspecified atom stereocenters. The van der Waals surface area contributed by atoms with E-state index in [1.807, 2.05) is 61.5 Å². The van der Waals surface area contributed by atoms with Crippen molar-refractivity contribution in [3.63, 3.8) is 0 Å². The summed E-state index contributed by atoms with van der Waals surface area (Å²) in [5, 5.41) is 4.75. The van der Waals surface area contributed by atoms with Gasteiger partial charge in [-0.2, -0.15) is 0 Å². The molecule has 28 heavy (non-hydrogen) atoms. The average molecular weight is 401 g/mol. The molecule has 2 aromatic carbocycles. The summed E-state index contributed by atoms with van der Waals surface area (Å²) in [6, 6.07) is 16.7. The molecular formula is C21H24N2O4S. The summed E-state index contributed by atoms with van der Waals surface area (Å²) in [5.74, 6) is -0.351. The van der Waals surface area contributed by atoms with Gasteiger partial charge in [-0.05, 0) is 25.0 Å². The van der Waals surface area contributed by atoms with Crippen LogP contribution in [0.1, 0.15) is 23.6 Å². The third kappa shape index (κ3) is 7.84. The van der Waals surface area contributed by atoms with Crippen molar-refractivity contribution in [3.8, 4) is 0 Å². The maximum Gasteiger partial charge on any atom is 0.321 e. The largest absolute Gasteiger partial charge is 0.452 e. The van der Waals surface area contributed by atoms with Crippen molar-refractivity contribution >= 4 is 29.7 Å². The monoisotopic (exact) mass is 400 g/mol. The number of rotatable bonds is 8. The van der Waals surface area contributed by atoms with Gasteiger partial charge in [0.05, 0.1) is 5.75 Å². The Hall–Kier alpha value is -2.80. The average Bonchev–Trinajstić information content (AvgIpc) is 2.68. The number of benzene rings is 2. The number of thioether (sulfide) groups is 1. The molecule has 7 heteroatoms. The topological polar surface area (TPSA) is 84.5 Å². The number of esters is 1. The first-order valence-corrected chi connectivity index (χ1v) is 10.0. The highest BCUT2D eigenvalue weighted by molar-refractivity contribution is 7.99. The Bertz CT molecular complexity index is 794. The number of aryl methyl sites for hydroxylation is 1. The van der Waals surface area contributed by atoms with Crippen LogP contribution in [-0.2, 0) is 26.6 Å². The summed E-state index contributed by atoms with van der Waals surface area (Å²) in [6.45, 7) is 3.74. The molecule has 0 spiro atoms. The Balaban J connectivity index is 1.65. The molecule has 0 aromatic heterocycles. The third-order valence-electron chi connectivity index (χ3n) is 3.82. The van der Waals surface area contributed by atoms with E-state index in [1.165, 1.54) is 24.2 Å². The molecule has 148 valence electrons. The number of amides is 3. The molecule has 0 radical (unpaired) electrons. The minimum Gasteiger partial charge on any atom is -0.452 e. The molecule has 0 aliphatic heterocycles. The van der Waals surface area contributed by atoms with Gasteiger partial charge in [-0.1, -0.05) is 60.2 Å². The lowest BCUT2D eigenvalue weighted by molar-refractivity contribution is -0.151. The van der Waals surface area contributed by atoms with E-state index in [4.69, 9.17) is 4.74 Å². The summed E-state index contributed by atoms with van der Waals surface area (Å²) < 4.78 is 5.08. The predicted molar refractivity (Wildman–Crippen MR) is 110 cm³/mol. The van der Waals surface area contributed by atoms with Crippen molar-refractivity contribution in [3.05, 3.63) is 71.3 Å². The van der Waals surface area contributed by atoms with E-state index in [0.29, 0.717) is 12.3 Å². The number of carbonyl (C=O) groups is 3. The lowest BCUT2D eigenvalue weighted by Crippen LogP contribution is -2.44. The number of carbonyl (C=O) groups excluding carboxylic acids is 3. The molecule has 1 atom stereocenters. The normalized spacial score (nSPS) is 11.4. The lowest BCUT2D eigenvalue weighted by Gasteiger charge is -2.13. The fourth-order valence-corrected chi connectivity index (χ4v) is 3.02. The van der Waals surface area contributed by atoms with Crippen molar-refractivity contribution in [1.82, 2.24) is 10.6 Å². The van der Waals surface area contributed by atoms with Crippen LogP contribution in [0.4, 0.5) is 4.79 Å². The van der Waals surface area contributed by atoms with E-state index in [-0.39, 0.29) is 5.75 Å². The summed E-state index contributed by atoms with van der Waals surface area (Å²) >= 11 is 1.41. The number of hydrogen-bond acceptors (Lipinski definition) is 5. The van der Waals surface area contributed by atoms with Crippen LogP contribution in [0.3, 0.4) is 0 Å². The van der Waals surface area contributed by atoms with Gasteiger partial charge in [-0.3, -0.25) is 14.9 Å². The lowest BCUT2D eigenvalue weighted by atomic mass is 10.2. The first kappa shape index (κ1) is 21.5. The molecule has 0 saturated carbocycles. The molecule has 0 heterocycles. The maximum absolute atomic E-state index is 12.0. The minimum absolute atomic E-state index is 0.131. The molecule has 0 bridgehead atoms. The van der Waals surface area contributed by atoms with E-state index < -0.39 is 24.0 Å². The zero-order valence-corrected chi connectivity index (χ0v) is 16.8. The second-order valence-corrected chi connectivity index (χ2v) is 7.25. The molecular weight excluding hydrogens is 376 g/mol. The highest BCUT2D eigenvalue weighted by Gasteiger charge is 2.19. The highest BCUT2D eigenvalue weighted by atomic mass is 32.2. The van der Waals surface area contributed by atoms with Gasteiger partial charge in [0.25, 0.3) is 5.91 Å². The van der Waals surface area contributed by atoms with Gasteiger partial charge >= 0.3 is 12.0 Å². The second kappa shape index (κ2) is 11.1. The molecule has 3 amide bonds. The molecule has 0 saturated heterocycles. The summed E-state index contributed by atoms with van der Waals surface area (Å²) in [4.78, 5) is 35.6. The van der Waals surface area contributed by atoms with Crippen molar-refractivity contribution in [2.24, 2.45) is 0 Å². The Labute approximate surface area is 169 Å². The van der Waals surface area contributed by atoms with Gasteiger partial charge in [-0.25, -0.2) is 4.79 Å². The van der Waals surface area contributed by atoms with Crippen LogP contribution in [0, 0.1) is 6.92 Å². The van der Waals surface area contributed by atoms with E-state index in [0.717, 1.165) is 11.1 Å². The van der Waals surface area contributed by atoms with E-state index in [1.54, 1.807) is 0 Å². The van der Waals surface area contributed by atoms with Crippen LogP contribution < -0.4 is 10.6 Å². The van der Waals surface area contributed by atoms with Gasteiger partial charge in [0, 0.05) is 12.3 Å². The molecule has 2 rings (SSSR count).